The molecule has 2 aliphatic carbocycles. The van der Waals surface area contributed by atoms with E-state index in [9.17, 15) is 13.6 Å². The van der Waals surface area contributed by atoms with E-state index < -0.39 is 15.8 Å². The molecular formula is C12H19O3S-. The number of carbonyl (C=O) groups is 1. The largest absolute Gasteiger partial charge is 0.772 e. The lowest BCUT2D eigenvalue weighted by Gasteiger charge is -2.45. The van der Waals surface area contributed by atoms with E-state index in [1.54, 1.807) is 0 Å². The Morgan fingerprint density at radius 2 is 1.81 bits per heavy atom. The first-order chi connectivity index (χ1) is 7.67. The van der Waals surface area contributed by atoms with Gasteiger partial charge in [-0.05, 0) is 36.8 Å². The van der Waals surface area contributed by atoms with Gasteiger partial charge in [-0.1, -0.05) is 25.7 Å². The molecule has 2 fully saturated rings. The number of ketones is 1. The van der Waals surface area contributed by atoms with Crippen molar-refractivity contribution in [1.29, 1.82) is 0 Å². The standard InChI is InChI=1S/C12H20O3S/c13-11-7-3-2-6-10(11)12(16(14)15)8-4-1-5-9-12/h10H,1-9H2,(H,14,15)/p-1. The monoisotopic (exact) mass is 243 g/mol. The molecule has 0 aromatic rings. The van der Waals surface area contributed by atoms with Gasteiger partial charge in [0.05, 0.1) is 0 Å². The van der Waals surface area contributed by atoms with Crippen LogP contribution in [0.15, 0.2) is 0 Å². The minimum Gasteiger partial charge on any atom is -0.772 e. The number of Topliss-reactive ketones (excluding diaryl/α,β-unsaturated/α-hetero) is 1. The molecule has 4 heteroatoms. The highest BCUT2D eigenvalue weighted by Crippen LogP contribution is 2.43. The van der Waals surface area contributed by atoms with Crippen LogP contribution in [0.25, 0.3) is 0 Å². The zero-order valence-corrected chi connectivity index (χ0v) is 10.4. The van der Waals surface area contributed by atoms with Crippen LogP contribution in [0.4, 0.5) is 0 Å². The highest BCUT2D eigenvalue weighted by Gasteiger charge is 2.45. The Kier molecular flexibility index (Phi) is 3.80. The first-order valence-electron chi connectivity index (χ1n) is 6.29. The van der Waals surface area contributed by atoms with E-state index in [2.05, 4.69) is 0 Å². The van der Waals surface area contributed by atoms with Crippen LogP contribution in [0.5, 0.6) is 0 Å². The summed E-state index contributed by atoms with van der Waals surface area (Å²) in [5.41, 5.74) is 0. The van der Waals surface area contributed by atoms with E-state index in [-0.39, 0.29) is 11.7 Å². The van der Waals surface area contributed by atoms with Gasteiger partial charge in [0.25, 0.3) is 0 Å². The molecule has 2 saturated carbocycles. The van der Waals surface area contributed by atoms with Gasteiger partial charge < -0.3 is 4.55 Å². The first kappa shape index (κ1) is 12.2. The molecule has 2 rings (SSSR count). The van der Waals surface area contributed by atoms with E-state index >= 15 is 0 Å². The van der Waals surface area contributed by atoms with Crippen LogP contribution in [-0.4, -0.2) is 19.3 Å². The maximum atomic E-state index is 11.9. The van der Waals surface area contributed by atoms with Gasteiger partial charge in [-0.3, -0.25) is 9.00 Å². The van der Waals surface area contributed by atoms with Gasteiger partial charge in [0.2, 0.25) is 0 Å². The third-order valence-corrected chi connectivity index (χ3v) is 5.58. The first-order valence-corrected chi connectivity index (χ1v) is 7.36. The van der Waals surface area contributed by atoms with E-state index in [1.807, 2.05) is 0 Å². The van der Waals surface area contributed by atoms with Crippen LogP contribution in [0, 0.1) is 5.92 Å². The minimum absolute atomic E-state index is 0.192. The predicted molar refractivity (Wildman–Crippen MR) is 61.7 cm³/mol. The summed E-state index contributed by atoms with van der Waals surface area (Å²) in [6, 6.07) is 0. The second-order valence-corrected chi connectivity index (χ2v) is 6.41. The van der Waals surface area contributed by atoms with Crippen molar-refractivity contribution in [3.05, 3.63) is 0 Å². The fraction of sp³-hybridized carbons (Fsp3) is 0.917. The average Bonchev–Trinajstić information content (AvgIpc) is 2.30. The highest BCUT2D eigenvalue weighted by molar-refractivity contribution is 7.80. The lowest BCUT2D eigenvalue weighted by molar-refractivity contribution is -0.126. The third kappa shape index (κ3) is 2.09. The summed E-state index contributed by atoms with van der Waals surface area (Å²) in [6.45, 7) is 0. The quantitative estimate of drug-likeness (QED) is 0.699. The maximum Gasteiger partial charge on any atom is 0.137 e. The summed E-state index contributed by atoms with van der Waals surface area (Å²) in [6.07, 6.45) is 7.73. The molecule has 0 N–H and O–H groups in total. The Morgan fingerprint density at radius 1 is 1.12 bits per heavy atom. The molecule has 0 amide bonds. The van der Waals surface area contributed by atoms with Crippen molar-refractivity contribution < 1.29 is 13.6 Å². The molecule has 0 aromatic carbocycles. The molecule has 92 valence electrons. The van der Waals surface area contributed by atoms with Crippen LogP contribution < -0.4 is 0 Å². The predicted octanol–water partition coefficient (Wildman–Crippen LogP) is 2.33. The molecule has 0 aliphatic heterocycles. The Bertz CT molecular complexity index is 293. The summed E-state index contributed by atoms with van der Waals surface area (Å²) in [4.78, 5) is 11.9. The number of carbonyl (C=O) groups excluding carboxylic acids is 1. The van der Waals surface area contributed by atoms with Crippen molar-refractivity contribution >= 4 is 16.9 Å². The van der Waals surface area contributed by atoms with E-state index in [0.29, 0.717) is 19.3 Å². The molecule has 0 radical (unpaired) electrons. The normalized spacial score (nSPS) is 32.3. The van der Waals surface area contributed by atoms with Crippen molar-refractivity contribution in [3.63, 3.8) is 0 Å². The summed E-state index contributed by atoms with van der Waals surface area (Å²) < 4.78 is 22.4. The van der Waals surface area contributed by atoms with Gasteiger partial charge in [-0.2, -0.15) is 0 Å². The Labute approximate surface area is 99.3 Å². The lowest BCUT2D eigenvalue weighted by atomic mass is 9.72. The molecule has 0 saturated heterocycles. The fourth-order valence-electron chi connectivity index (χ4n) is 3.32. The summed E-state index contributed by atoms with van der Waals surface area (Å²) in [7, 11) is 0. The van der Waals surface area contributed by atoms with E-state index in [4.69, 9.17) is 0 Å². The number of hydrogen-bond donors (Lipinski definition) is 0. The molecule has 0 bridgehead atoms. The minimum atomic E-state index is -2.10. The second kappa shape index (κ2) is 4.96. The van der Waals surface area contributed by atoms with Gasteiger partial charge in [0.1, 0.15) is 5.78 Å². The zero-order valence-electron chi connectivity index (χ0n) is 9.57. The smallest absolute Gasteiger partial charge is 0.137 e. The highest BCUT2D eigenvalue weighted by atomic mass is 32.2. The Morgan fingerprint density at radius 3 is 2.38 bits per heavy atom. The number of hydrogen-bond acceptors (Lipinski definition) is 3. The second-order valence-electron chi connectivity index (χ2n) is 5.12. The molecule has 2 atom stereocenters. The van der Waals surface area contributed by atoms with Crippen LogP contribution in [-0.2, 0) is 15.9 Å². The topological polar surface area (TPSA) is 57.2 Å². The average molecular weight is 243 g/mol. The molecular weight excluding hydrogens is 224 g/mol. The Hall–Kier alpha value is -0.220. The van der Waals surface area contributed by atoms with Crippen molar-refractivity contribution in [2.45, 2.75) is 62.5 Å². The molecule has 0 heterocycles. The third-order valence-electron chi connectivity index (χ3n) is 4.22. The molecule has 0 spiro atoms. The lowest BCUT2D eigenvalue weighted by Crippen LogP contribution is -2.48. The molecule has 2 aliphatic rings. The SMILES string of the molecule is O=C1CCCCC1C1(S(=O)[O-])CCCCC1. The summed E-state index contributed by atoms with van der Waals surface area (Å²) in [5, 5.41) is 0. The van der Waals surface area contributed by atoms with Crippen molar-refractivity contribution in [1.82, 2.24) is 0 Å². The van der Waals surface area contributed by atoms with Gasteiger partial charge in [0, 0.05) is 17.1 Å². The zero-order chi connectivity index (χ0) is 11.6. The summed E-state index contributed by atoms with van der Waals surface area (Å²) >= 11 is -2.10. The van der Waals surface area contributed by atoms with Crippen LogP contribution in [0.2, 0.25) is 0 Å². The number of rotatable bonds is 2. The molecule has 16 heavy (non-hydrogen) atoms. The van der Waals surface area contributed by atoms with Crippen LogP contribution in [0.1, 0.15) is 57.8 Å². The molecule has 3 nitrogen and oxygen atoms in total. The van der Waals surface area contributed by atoms with Gasteiger partial charge in [-0.15, -0.1) is 0 Å². The van der Waals surface area contributed by atoms with Crippen molar-refractivity contribution in [3.8, 4) is 0 Å². The van der Waals surface area contributed by atoms with Crippen molar-refractivity contribution in [2.75, 3.05) is 0 Å². The molecule has 0 aromatic heterocycles. The Balaban J connectivity index is 2.23. The van der Waals surface area contributed by atoms with Gasteiger partial charge in [0.15, 0.2) is 0 Å². The fourth-order valence-corrected chi connectivity index (χ4v) is 4.42. The maximum absolute atomic E-state index is 11.9. The van der Waals surface area contributed by atoms with E-state index in [1.165, 1.54) is 0 Å². The van der Waals surface area contributed by atoms with E-state index in [0.717, 1.165) is 38.5 Å². The van der Waals surface area contributed by atoms with Gasteiger partial charge >= 0.3 is 0 Å². The van der Waals surface area contributed by atoms with Crippen LogP contribution >= 0.6 is 0 Å². The molecule has 2 unspecified atom stereocenters. The van der Waals surface area contributed by atoms with Gasteiger partial charge in [-0.25, -0.2) is 0 Å². The summed E-state index contributed by atoms with van der Waals surface area (Å²) in [5.74, 6) is -0.0165. The van der Waals surface area contributed by atoms with Crippen LogP contribution in [0.3, 0.4) is 0 Å². The van der Waals surface area contributed by atoms with Crippen molar-refractivity contribution in [2.24, 2.45) is 5.92 Å².